The van der Waals surface area contributed by atoms with Crippen molar-refractivity contribution in [3.8, 4) is 5.75 Å². The molecule has 0 saturated carbocycles. The molecule has 32 heavy (non-hydrogen) atoms. The second-order valence-corrected chi connectivity index (χ2v) is 8.11. The standard InChI is InChI=1S/C27H29N3O2/c1-20(2)21-12-14-23(15-13-21)32-19-18-30-25-11-7-6-10-24(25)29-26(30)16-17-28-27(31)22-8-4-3-5-9-22/h3-15,20H,16-19H2,1-2H3,(H,28,31). The maximum Gasteiger partial charge on any atom is 0.251 e. The van der Waals surface area contributed by atoms with Gasteiger partial charge in [-0.2, -0.15) is 0 Å². The van der Waals surface area contributed by atoms with Crippen LogP contribution in [-0.2, 0) is 13.0 Å². The van der Waals surface area contributed by atoms with Crippen molar-refractivity contribution < 1.29 is 9.53 Å². The number of hydrogen-bond acceptors (Lipinski definition) is 3. The highest BCUT2D eigenvalue weighted by Gasteiger charge is 2.12. The number of para-hydroxylation sites is 2. The number of rotatable bonds is 9. The molecular weight excluding hydrogens is 398 g/mol. The Morgan fingerprint density at radius 2 is 1.69 bits per heavy atom. The second kappa shape index (κ2) is 10.1. The van der Waals surface area contributed by atoms with E-state index in [4.69, 9.17) is 9.72 Å². The van der Waals surface area contributed by atoms with Crippen LogP contribution in [0.25, 0.3) is 11.0 Å². The van der Waals surface area contributed by atoms with Gasteiger partial charge in [0.25, 0.3) is 5.91 Å². The van der Waals surface area contributed by atoms with Gasteiger partial charge in [-0.15, -0.1) is 0 Å². The molecule has 0 saturated heterocycles. The molecule has 4 aromatic rings. The molecule has 164 valence electrons. The van der Waals surface area contributed by atoms with E-state index in [9.17, 15) is 4.79 Å². The summed E-state index contributed by atoms with van der Waals surface area (Å²) in [6.45, 7) is 6.13. The smallest absolute Gasteiger partial charge is 0.251 e. The Balaban J connectivity index is 1.40. The van der Waals surface area contributed by atoms with E-state index in [0.29, 0.717) is 37.6 Å². The highest BCUT2D eigenvalue weighted by molar-refractivity contribution is 5.94. The van der Waals surface area contributed by atoms with Crippen LogP contribution in [0.4, 0.5) is 0 Å². The number of benzene rings is 3. The molecule has 0 aliphatic heterocycles. The zero-order valence-electron chi connectivity index (χ0n) is 18.6. The fourth-order valence-electron chi connectivity index (χ4n) is 3.75. The number of fused-ring (bicyclic) bond motifs is 1. The van der Waals surface area contributed by atoms with Crippen molar-refractivity contribution in [1.29, 1.82) is 0 Å². The minimum Gasteiger partial charge on any atom is -0.492 e. The summed E-state index contributed by atoms with van der Waals surface area (Å²) in [5.41, 5.74) is 4.00. The summed E-state index contributed by atoms with van der Waals surface area (Å²) in [6.07, 6.45) is 0.649. The molecule has 5 nitrogen and oxygen atoms in total. The van der Waals surface area contributed by atoms with Crippen molar-refractivity contribution >= 4 is 16.9 Å². The number of nitrogens with one attached hydrogen (secondary N) is 1. The number of imidazole rings is 1. The van der Waals surface area contributed by atoms with Crippen molar-refractivity contribution in [3.63, 3.8) is 0 Å². The average molecular weight is 428 g/mol. The van der Waals surface area contributed by atoms with Gasteiger partial charge >= 0.3 is 0 Å². The quantitative estimate of drug-likeness (QED) is 0.399. The molecule has 4 rings (SSSR count). The van der Waals surface area contributed by atoms with Crippen LogP contribution in [-0.4, -0.2) is 28.6 Å². The molecule has 1 heterocycles. The molecule has 5 heteroatoms. The molecule has 0 fully saturated rings. The van der Waals surface area contributed by atoms with Gasteiger partial charge in [-0.1, -0.05) is 56.3 Å². The van der Waals surface area contributed by atoms with Crippen molar-refractivity contribution in [2.75, 3.05) is 13.2 Å². The minimum atomic E-state index is -0.0681. The normalized spacial score (nSPS) is 11.1. The number of nitrogens with zero attached hydrogens (tertiary/aromatic N) is 2. The van der Waals surface area contributed by atoms with Crippen molar-refractivity contribution in [2.24, 2.45) is 0 Å². The van der Waals surface area contributed by atoms with Crippen molar-refractivity contribution in [1.82, 2.24) is 14.9 Å². The van der Waals surface area contributed by atoms with Crippen LogP contribution in [0.3, 0.4) is 0 Å². The van der Waals surface area contributed by atoms with Crippen LogP contribution in [0.1, 0.15) is 41.5 Å². The predicted octanol–water partition coefficient (Wildman–Crippen LogP) is 5.21. The predicted molar refractivity (Wildman–Crippen MR) is 128 cm³/mol. The topological polar surface area (TPSA) is 56.1 Å². The highest BCUT2D eigenvalue weighted by atomic mass is 16.5. The van der Waals surface area contributed by atoms with Crippen LogP contribution in [0.5, 0.6) is 5.75 Å². The molecule has 1 aromatic heterocycles. The zero-order chi connectivity index (χ0) is 22.3. The highest BCUT2D eigenvalue weighted by Crippen LogP contribution is 2.20. The van der Waals surface area contributed by atoms with E-state index >= 15 is 0 Å². The Kier molecular flexibility index (Phi) is 6.85. The lowest BCUT2D eigenvalue weighted by Gasteiger charge is -2.12. The van der Waals surface area contributed by atoms with E-state index in [1.54, 1.807) is 0 Å². The van der Waals surface area contributed by atoms with Gasteiger partial charge in [0.2, 0.25) is 0 Å². The van der Waals surface area contributed by atoms with Gasteiger partial charge in [0.1, 0.15) is 18.2 Å². The first-order chi connectivity index (χ1) is 15.6. The summed E-state index contributed by atoms with van der Waals surface area (Å²) in [5, 5.41) is 2.99. The van der Waals surface area contributed by atoms with E-state index in [1.165, 1.54) is 5.56 Å². The maximum atomic E-state index is 12.3. The Morgan fingerprint density at radius 1 is 0.969 bits per heavy atom. The Labute approximate surface area is 189 Å². The van der Waals surface area contributed by atoms with Gasteiger partial charge in [0, 0.05) is 18.5 Å². The minimum absolute atomic E-state index is 0.0681. The fraction of sp³-hybridized carbons (Fsp3) is 0.259. The number of carbonyl (C=O) groups is 1. The third kappa shape index (κ3) is 5.17. The summed E-state index contributed by atoms with van der Waals surface area (Å²) in [7, 11) is 0. The van der Waals surface area contributed by atoms with E-state index in [0.717, 1.165) is 22.6 Å². The number of aromatic nitrogens is 2. The lowest BCUT2D eigenvalue weighted by atomic mass is 10.0. The molecule has 0 unspecified atom stereocenters. The Bertz CT molecular complexity index is 1160. The van der Waals surface area contributed by atoms with Crippen LogP contribution in [0.2, 0.25) is 0 Å². The molecular formula is C27H29N3O2. The molecule has 0 radical (unpaired) electrons. The SMILES string of the molecule is CC(C)c1ccc(OCCn2c(CCNC(=O)c3ccccc3)nc3ccccc32)cc1. The number of ether oxygens (including phenoxy) is 1. The van der Waals surface area contributed by atoms with Crippen LogP contribution in [0.15, 0.2) is 78.9 Å². The first-order valence-corrected chi connectivity index (χ1v) is 11.1. The van der Waals surface area contributed by atoms with E-state index in [1.807, 2.05) is 60.7 Å². The molecule has 1 amide bonds. The number of amides is 1. The monoisotopic (exact) mass is 427 g/mol. The van der Waals surface area contributed by atoms with Crippen LogP contribution < -0.4 is 10.1 Å². The lowest BCUT2D eigenvalue weighted by Crippen LogP contribution is -2.26. The van der Waals surface area contributed by atoms with Crippen molar-refractivity contribution in [2.45, 2.75) is 32.7 Å². The molecule has 0 bridgehead atoms. The molecule has 0 aliphatic carbocycles. The van der Waals surface area contributed by atoms with Gasteiger partial charge in [-0.25, -0.2) is 4.98 Å². The first-order valence-electron chi connectivity index (χ1n) is 11.1. The maximum absolute atomic E-state index is 12.3. The van der Waals surface area contributed by atoms with E-state index in [2.05, 4.69) is 41.9 Å². The van der Waals surface area contributed by atoms with Gasteiger partial charge in [0.05, 0.1) is 17.6 Å². The second-order valence-electron chi connectivity index (χ2n) is 8.11. The third-order valence-electron chi connectivity index (χ3n) is 5.53. The number of carbonyl (C=O) groups excluding carboxylic acids is 1. The molecule has 1 N–H and O–H groups in total. The third-order valence-corrected chi connectivity index (χ3v) is 5.53. The van der Waals surface area contributed by atoms with E-state index < -0.39 is 0 Å². The largest absolute Gasteiger partial charge is 0.492 e. The molecule has 3 aromatic carbocycles. The summed E-state index contributed by atoms with van der Waals surface area (Å²) in [6, 6.07) is 25.7. The summed E-state index contributed by atoms with van der Waals surface area (Å²) in [5.74, 6) is 2.25. The molecule has 0 spiro atoms. The number of hydrogen-bond donors (Lipinski definition) is 1. The van der Waals surface area contributed by atoms with Gasteiger partial charge in [-0.3, -0.25) is 4.79 Å². The van der Waals surface area contributed by atoms with Crippen LogP contribution >= 0.6 is 0 Å². The molecule has 0 atom stereocenters. The fourth-order valence-corrected chi connectivity index (χ4v) is 3.75. The zero-order valence-corrected chi connectivity index (χ0v) is 18.6. The summed E-state index contributed by atoms with van der Waals surface area (Å²) in [4.78, 5) is 17.1. The Morgan fingerprint density at radius 3 is 2.44 bits per heavy atom. The van der Waals surface area contributed by atoms with E-state index in [-0.39, 0.29) is 5.91 Å². The molecule has 0 aliphatic rings. The van der Waals surface area contributed by atoms with Gasteiger partial charge in [0.15, 0.2) is 0 Å². The lowest BCUT2D eigenvalue weighted by molar-refractivity contribution is 0.0954. The summed E-state index contributed by atoms with van der Waals surface area (Å²) >= 11 is 0. The van der Waals surface area contributed by atoms with Gasteiger partial charge < -0.3 is 14.6 Å². The first kappa shape index (κ1) is 21.6. The van der Waals surface area contributed by atoms with Crippen LogP contribution in [0, 0.1) is 0 Å². The Hall–Kier alpha value is -3.60. The van der Waals surface area contributed by atoms with Gasteiger partial charge in [-0.05, 0) is 47.9 Å². The summed E-state index contributed by atoms with van der Waals surface area (Å²) < 4.78 is 8.19. The average Bonchev–Trinajstić information content (AvgIpc) is 3.17. The van der Waals surface area contributed by atoms with Crippen molar-refractivity contribution in [3.05, 3.63) is 95.8 Å².